The van der Waals surface area contributed by atoms with Gasteiger partial charge in [-0.3, -0.25) is 10.1 Å². The van der Waals surface area contributed by atoms with Crippen molar-refractivity contribution in [2.24, 2.45) is 5.73 Å². The van der Waals surface area contributed by atoms with Gasteiger partial charge in [-0.25, -0.2) is 0 Å². The average molecular weight is 316 g/mol. The average Bonchev–Trinajstić information content (AvgIpc) is 2.49. The maximum Gasteiger partial charge on any atom is 0.311 e. The van der Waals surface area contributed by atoms with Gasteiger partial charge in [0, 0.05) is 18.9 Å². The predicted octanol–water partition coefficient (Wildman–Crippen LogP) is 3.04. The molecule has 0 aliphatic heterocycles. The van der Waals surface area contributed by atoms with Crippen LogP contribution in [0.2, 0.25) is 0 Å². The minimum atomic E-state index is -0.457. The van der Waals surface area contributed by atoms with E-state index in [1.807, 2.05) is 30.3 Å². The molecule has 0 atom stereocenters. The fourth-order valence-electron chi connectivity index (χ4n) is 2.06. The highest BCUT2D eigenvalue weighted by Gasteiger charge is 2.16. The van der Waals surface area contributed by atoms with Gasteiger partial charge >= 0.3 is 5.69 Å². The Morgan fingerprint density at radius 2 is 1.91 bits per heavy atom. The Bertz CT molecular complexity index is 674. The molecule has 0 amide bonds. The summed E-state index contributed by atoms with van der Waals surface area (Å²) in [5.41, 5.74) is 7.22. The third kappa shape index (κ3) is 4.53. The molecule has 22 heavy (non-hydrogen) atoms. The number of hydrogen-bond acceptors (Lipinski definition) is 4. The van der Waals surface area contributed by atoms with Crippen LogP contribution in [-0.4, -0.2) is 16.5 Å². The molecule has 0 bridgehead atoms. The van der Waals surface area contributed by atoms with Crippen molar-refractivity contribution in [3.8, 4) is 5.75 Å². The maximum absolute atomic E-state index is 11.2. The zero-order valence-electron chi connectivity index (χ0n) is 11.9. The van der Waals surface area contributed by atoms with Crippen molar-refractivity contribution >= 4 is 22.9 Å². The van der Waals surface area contributed by atoms with Gasteiger partial charge in [0.25, 0.3) is 0 Å². The molecule has 2 rings (SSSR count). The molecule has 2 aromatic rings. The van der Waals surface area contributed by atoms with Crippen LogP contribution in [0, 0.1) is 10.1 Å². The SMILES string of the molecule is NC(=S)Cc1ccc(OCCc2ccccc2)c([N+](=O)[O-])c1. The van der Waals surface area contributed by atoms with Gasteiger partial charge in [0.2, 0.25) is 0 Å². The van der Waals surface area contributed by atoms with E-state index >= 15 is 0 Å². The normalized spacial score (nSPS) is 10.2. The molecule has 0 aromatic heterocycles. The highest BCUT2D eigenvalue weighted by atomic mass is 32.1. The minimum absolute atomic E-state index is 0.0678. The highest BCUT2D eigenvalue weighted by Crippen LogP contribution is 2.28. The highest BCUT2D eigenvalue weighted by molar-refractivity contribution is 7.80. The van der Waals surface area contributed by atoms with Gasteiger partial charge in [0.1, 0.15) is 0 Å². The molecule has 0 unspecified atom stereocenters. The lowest BCUT2D eigenvalue weighted by Gasteiger charge is -2.08. The van der Waals surface area contributed by atoms with E-state index in [-0.39, 0.29) is 11.4 Å². The Morgan fingerprint density at radius 3 is 2.55 bits per heavy atom. The van der Waals surface area contributed by atoms with Crippen molar-refractivity contribution in [3.63, 3.8) is 0 Å². The largest absolute Gasteiger partial charge is 0.486 e. The Morgan fingerprint density at radius 1 is 1.18 bits per heavy atom. The topological polar surface area (TPSA) is 78.4 Å². The molecule has 0 spiro atoms. The van der Waals surface area contributed by atoms with Gasteiger partial charge in [0.05, 0.1) is 16.5 Å². The molecule has 0 saturated carbocycles. The summed E-state index contributed by atoms with van der Waals surface area (Å²) >= 11 is 4.82. The Hall–Kier alpha value is -2.47. The molecule has 0 saturated heterocycles. The van der Waals surface area contributed by atoms with Crippen molar-refractivity contribution < 1.29 is 9.66 Å². The van der Waals surface area contributed by atoms with Gasteiger partial charge in [-0.05, 0) is 17.2 Å². The number of nitrogens with two attached hydrogens (primary N) is 1. The zero-order chi connectivity index (χ0) is 15.9. The van der Waals surface area contributed by atoms with Gasteiger partial charge in [0.15, 0.2) is 5.75 Å². The maximum atomic E-state index is 11.2. The lowest BCUT2D eigenvalue weighted by atomic mass is 10.1. The number of benzene rings is 2. The Labute approximate surface area is 133 Å². The van der Waals surface area contributed by atoms with Crippen molar-refractivity contribution in [2.45, 2.75) is 12.8 Å². The Balaban J connectivity index is 2.06. The first-order chi connectivity index (χ1) is 10.6. The summed E-state index contributed by atoms with van der Waals surface area (Å²) in [5, 5.41) is 11.2. The van der Waals surface area contributed by atoms with Crippen LogP contribution >= 0.6 is 12.2 Å². The van der Waals surface area contributed by atoms with E-state index in [1.54, 1.807) is 12.1 Å². The second-order valence-electron chi connectivity index (χ2n) is 4.79. The first-order valence-corrected chi connectivity index (χ1v) is 7.19. The van der Waals surface area contributed by atoms with Gasteiger partial charge < -0.3 is 10.5 Å². The summed E-state index contributed by atoms with van der Waals surface area (Å²) in [6.07, 6.45) is 1.02. The lowest BCUT2D eigenvalue weighted by Crippen LogP contribution is -2.11. The van der Waals surface area contributed by atoms with Crippen LogP contribution in [0.3, 0.4) is 0 Å². The first kappa shape index (κ1) is 15.9. The summed E-state index contributed by atoms with van der Waals surface area (Å²) in [6.45, 7) is 0.375. The van der Waals surface area contributed by atoms with E-state index in [4.69, 9.17) is 22.7 Å². The summed E-state index contributed by atoms with van der Waals surface area (Å²) in [4.78, 5) is 11.0. The van der Waals surface area contributed by atoms with Crippen LogP contribution in [0.25, 0.3) is 0 Å². The minimum Gasteiger partial charge on any atom is -0.486 e. The molecular weight excluding hydrogens is 300 g/mol. The number of rotatable bonds is 7. The molecule has 0 radical (unpaired) electrons. The second kappa shape index (κ2) is 7.51. The Kier molecular flexibility index (Phi) is 5.43. The van der Waals surface area contributed by atoms with E-state index in [2.05, 4.69) is 0 Å². The number of ether oxygens (including phenoxy) is 1. The van der Waals surface area contributed by atoms with Crippen molar-refractivity contribution in [1.82, 2.24) is 0 Å². The van der Waals surface area contributed by atoms with Crippen LogP contribution in [0.15, 0.2) is 48.5 Å². The quantitative estimate of drug-likeness (QED) is 0.482. The van der Waals surface area contributed by atoms with E-state index in [0.717, 1.165) is 5.56 Å². The molecule has 5 nitrogen and oxygen atoms in total. The third-order valence-electron chi connectivity index (χ3n) is 3.09. The molecular formula is C16H16N2O3S. The second-order valence-corrected chi connectivity index (χ2v) is 5.31. The van der Waals surface area contributed by atoms with E-state index in [0.29, 0.717) is 30.0 Å². The zero-order valence-corrected chi connectivity index (χ0v) is 12.7. The number of thiocarbonyl (C=S) groups is 1. The predicted molar refractivity (Wildman–Crippen MR) is 89.2 cm³/mol. The molecule has 0 heterocycles. The van der Waals surface area contributed by atoms with Gasteiger partial charge in [-0.1, -0.05) is 48.6 Å². The molecule has 2 aromatic carbocycles. The van der Waals surface area contributed by atoms with E-state index in [9.17, 15) is 10.1 Å². The summed E-state index contributed by atoms with van der Waals surface area (Å²) in [5.74, 6) is 0.257. The van der Waals surface area contributed by atoms with Crippen LogP contribution in [0.5, 0.6) is 5.75 Å². The monoisotopic (exact) mass is 316 g/mol. The lowest BCUT2D eigenvalue weighted by molar-refractivity contribution is -0.385. The van der Waals surface area contributed by atoms with Gasteiger partial charge in [-0.15, -0.1) is 0 Å². The van der Waals surface area contributed by atoms with Crippen LogP contribution < -0.4 is 10.5 Å². The molecule has 0 aliphatic carbocycles. The van der Waals surface area contributed by atoms with Gasteiger partial charge in [-0.2, -0.15) is 0 Å². The number of nitro groups is 1. The van der Waals surface area contributed by atoms with Crippen LogP contribution in [0.1, 0.15) is 11.1 Å². The fourth-order valence-corrected chi connectivity index (χ4v) is 2.23. The van der Waals surface area contributed by atoms with Crippen molar-refractivity contribution in [2.75, 3.05) is 6.61 Å². The summed E-state index contributed by atoms with van der Waals surface area (Å²) in [6, 6.07) is 14.6. The fraction of sp³-hybridized carbons (Fsp3) is 0.188. The standard InChI is InChI=1S/C16H16N2O3S/c17-16(22)11-13-6-7-15(14(10-13)18(19)20)21-9-8-12-4-2-1-3-5-12/h1-7,10H,8-9,11H2,(H2,17,22). The molecule has 0 aliphatic rings. The van der Waals surface area contributed by atoms with Crippen molar-refractivity contribution in [3.05, 3.63) is 69.8 Å². The molecule has 6 heteroatoms. The number of nitro benzene ring substituents is 1. The van der Waals surface area contributed by atoms with Crippen LogP contribution in [0.4, 0.5) is 5.69 Å². The molecule has 114 valence electrons. The smallest absolute Gasteiger partial charge is 0.311 e. The van der Waals surface area contributed by atoms with E-state index < -0.39 is 4.92 Å². The summed E-state index contributed by atoms with van der Waals surface area (Å²) in [7, 11) is 0. The first-order valence-electron chi connectivity index (χ1n) is 6.78. The van der Waals surface area contributed by atoms with E-state index in [1.165, 1.54) is 6.07 Å². The molecule has 2 N–H and O–H groups in total. The number of nitrogens with zero attached hydrogens (tertiary/aromatic N) is 1. The van der Waals surface area contributed by atoms with Crippen LogP contribution in [-0.2, 0) is 12.8 Å². The summed E-state index contributed by atoms with van der Waals surface area (Å²) < 4.78 is 5.56. The third-order valence-corrected chi connectivity index (χ3v) is 3.23. The number of hydrogen-bond donors (Lipinski definition) is 1. The molecule has 0 fully saturated rings. The van der Waals surface area contributed by atoms with Crippen molar-refractivity contribution in [1.29, 1.82) is 0 Å².